The monoisotopic (exact) mass is 263 g/mol. The number of aryl methyl sites for hydroxylation is 2. The third-order valence-corrected chi connectivity index (χ3v) is 5.12. The molecule has 1 aromatic heterocycles. The Balaban J connectivity index is 1.89. The summed E-state index contributed by atoms with van der Waals surface area (Å²) < 4.78 is 1.89. The largest absolute Gasteiger partial charge is 0.380 e. The predicted molar refractivity (Wildman–Crippen MR) is 81.4 cm³/mol. The normalized spacial score (nSPS) is 24.5. The van der Waals surface area contributed by atoms with Gasteiger partial charge in [-0.25, -0.2) is 0 Å². The summed E-state index contributed by atoms with van der Waals surface area (Å²) >= 11 is 0. The Morgan fingerprint density at radius 2 is 1.95 bits per heavy atom. The summed E-state index contributed by atoms with van der Waals surface area (Å²) in [5, 5.41) is 8.07. The molecule has 1 aliphatic rings. The lowest BCUT2D eigenvalue weighted by Gasteiger charge is -2.39. The van der Waals surface area contributed by atoms with Crippen molar-refractivity contribution in [3.8, 4) is 0 Å². The zero-order valence-electron chi connectivity index (χ0n) is 13.2. The van der Waals surface area contributed by atoms with Gasteiger partial charge in [0.05, 0.1) is 11.4 Å². The fourth-order valence-corrected chi connectivity index (χ4v) is 3.27. The fourth-order valence-electron chi connectivity index (χ4n) is 3.27. The summed E-state index contributed by atoms with van der Waals surface area (Å²) in [6.45, 7) is 9.25. The van der Waals surface area contributed by atoms with E-state index in [1.165, 1.54) is 37.8 Å². The van der Waals surface area contributed by atoms with Gasteiger partial charge in [-0.1, -0.05) is 27.2 Å². The standard InChI is InChI=1S/C16H29N3/c1-6-16(3,4)13-7-9-14(10-8-13)17-15-11-19(5)18-12(15)2/h11,13-14,17H,6-10H2,1-5H3. The number of hydrogen-bond acceptors (Lipinski definition) is 2. The predicted octanol–water partition coefficient (Wildman–Crippen LogP) is 4.14. The minimum Gasteiger partial charge on any atom is -0.380 e. The molecule has 3 heteroatoms. The molecule has 0 aromatic carbocycles. The zero-order chi connectivity index (χ0) is 14.0. The molecule has 2 rings (SSSR count). The molecule has 0 spiro atoms. The van der Waals surface area contributed by atoms with Gasteiger partial charge >= 0.3 is 0 Å². The minimum absolute atomic E-state index is 0.509. The first kappa shape index (κ1) is 14.4. The van der Waals surface area contributed by atoms with Crippen LogP contribution in [0.5, 0.6) is 0 Å². The van der Waals surface area contributed by atoms with E-state index in [0.29, 0.717) is 11.5 Å². The molecule has 108 valence electrons. The quantitative estimate of drug-likeness (QED) is 0.885. The van der Waals surface area contributed by atoms with E-state index in [-0.39, 0.29) is 0 Å². The van der Waals surface area contributed by atoms with E-state index in [1.54, 1.807) is 0 Å². The van der Waals surface area contributed by atoms with Gasteiger partial charge in [-0.05, 0) is 43.9 Å². The highest BCUT2D eigenvalue weighted by Crippen LogP contribution is 2.40. The summed E-state index contributed by atoms with van der Waals surface area (Å²) in [6, 6.07) is 0.631. The first-order chi connectivity index (χ1) is 8.92. The van der Waals surface area contributed by atoms with Crippen molar-refractivity contribution < 1.29 is 0 Å². The third-order valence-electron chi connectivity index (χ3n) is 5.12. The Hall–Kier alpha value is -0.990. The number of nitrogens with zero attached hydrogens (tertiary/aromatic N) is 2. The third kappa shape index (κ3) is 3.31. The Morgan fingerprint density at radius 1 is 1.32 bits per heavy atom. The first-order valence-corrected chi connectivity index (χ1v) is 7.69. The minimum atomic E-state index is 0.509. The summed E-state index contributed by atoms with van der Waals surface area (Å²) in [5.41, 5.74) is 2.83. The van der Waals surface area contributed by atoms with Gasteiger partial charge in [0.1, 0.15) is 0 Å². The van der Waals surface area contributed by atoms with Crippen molar-refractivity contribution in [2.75, 3.05) is 5.32 Å². The van der Waals surface area contributed by atoms with Crippen LogP contribution >= 0.6 is 0 Å². The smallest absolute Gasteiger partial charge is 0.0825 e. The van der Waals surface area contributed by atoms with Gasteiger partial charge in [0.15, 0.2) is 0 Å². The highest BCUT2D eigenvalue weighted by molar-refractivity contribution is 5.46. The number of rotatable bonds is 4. The summed E-state index contributed by atoms with van der Waals surface area (Å²) in [4.78, 5) is 0. The van der Waals surface area contributed by atoms with Gasteiger partial charge in [-0.2, -0.15) is 5.10 Å². The molecule has 0 saturated heterocycles. The number of aromatic nitrogens is 2. The van der Waals surface area contributed by atoms with Crippen LogP contribution in [-0.2, 0) is 7.05 Å². The molecule has 1 aromatic rings. The van der Waals surface area contributed by atoms with Crippen molar-refractivity contribution in [3.63, 3.8) is 0 Å². The van der Waals surface area contributed by atoms with Gasteiger partial charge in [0.2, 0.25) is 0 Å². The Bertz CT molecular complexity index is 412. The molecule has 0 amide bonds. The molecule has 0 unspecified atom stereocenters. The van der Waals surface area contributed by atoms with E-state index in [9.17, 15) is 0 Å². The fraction of sp³-hybridized carbons (Fsp3) is 0.812. The average molecular weight is 263 g/mol. The maximum Gasteiger partial charge on any atom is 0.0825 e. The van der Waals surface area contributed by atoms with Crippen LogP contribution in [0.2, 0.25) is 0 Å². The van der Waals surface area contributed by atoms with Crippen LogP contribution in [0, 0.1) is 18.3 Å². The molecule has 1 aliphatic carbocycles. The second kappa shape index (κ2) is 5.56. The van der Waals surface area contributed by atoms with E-state index < -0.39 is 0 Å². The number of nitrogens with one attached hydrogen (secondary N) is 1. The molecule has 1 heterocycles. The first-order valence-electron chi connectivity index (χ1n) is 7.69. The topological polar surface area (TPSA) is 29.9 Å². The van der Waals surface area contributed by atoms with Gasteiger partial charge < -0.3 is 5.32 Å². The molecule has 0 bridgehead atoms. The van der Waals surface area contributed by atoms with Crippen molar-refractivity contribution >= 4 is 5.69 Å². The molecule has 0 atom stereocenters. The van der Waals surface area contributed by atoms with Gasteiger partial charge in [0.25, 0.3) is 0 Å². The highest BCUT2D eigenvalue weighted by Gasteiger charge is 2.31. The van der Waals surface area contributed by atoms with Crippen LogP contribution < -0.4 is 5.32 Å². The van der Waals surface area contributed by atoms with E-state index in [0.717, 1.165) is 11.6 Å². The van der Waals surface area contributed by atoms with Crippen LogP contribution in [0.25, 0.3) is 0 Å². The number of hydrogen-bond donors (Lipinski definition) is 1. The van der Waals surface area contributed by atoms with E-state index in [4.69, 9.17) is 0 Å². The van der Waals surface area contributed by atoms with Crippen LogP contribution in [0.4, 0.5) is 5.69 Å². The van der Waals surface area contributed by atoms with Crippen LogP contribution in [0.3, 0.4) is 0 Å². The SMILES string of the molecule is CCC(C)(C)C1CCC(Nc2cn(C)nc2C)CC1. The molecule has 19 heavy (non-hydrogen) atoms. The van der Waals surface area contributed by atoms with E-state index in [1.807, 2.05) is 11.7 Å². The van der Waals surface area contributed by atoms with Crippen molar-refractivity contribution in [1.82, 2.24) is 9.78 Å². The van der Waals surface area contributed by atoms with E-state index >= 15 is 0 Å². The Kier molecular flexibility index (Phi) is 4.22. The van der Waals surface area contributed by atoms with Crippen LogP contribution in [0.1, 0.15) is 58.6 Å². The van der Waals surface area contributed by atoms with Crippen molar-refractivity contribution in [2.45, 2.75) is 65.8 Å². The van der Waals surface area contributed by atoms with Crippen LogP contribution in [0.15, 0.2) is 6.20 Å². The van der Waals surface area contributed by atoms with Gasteiger partial charge in [-0.3, -0.25) is 4.68 Å². The zero-order valence-corrected chi connectivity index (χ0v) is 13.2. The van der Waals surface area contributed by atoms with Crippen LogP contribution in [-0.4, -0.2) is 15.8 Å². The van der Waals surface area contributed by atoms with Crippen molar-refractivity contribution in [1.29, 1.82) is 0 Å². The molecule has 0 aliphatic heterocycles. The maximum absolute atomic E-state index is 4.40. The molecular weight excluding hydrogens is 234 g/mol. The highest BCUT2D eigenvalue weighted by atomic mass is 15.3. The van der Waals surface area contributed by atoms with Gasteiger partial charge in [-0.15, -0.1) is 0 Å². The Morgan fingerprint density at radius 3 is 2.42 bits per heavy atom. The Labute approximate surface area is 117 Å². The lowest BCUT2D eigenvalue weighted by Crippen LogP contribution is -2.32. The molecule has 0 radical (unpaired) electrons. The second-order valence-corrected chi connectivity index (χ2v) is 6.84. The molecule has 1 N–H and O–H groups in total. The molecular formula is C16H29N3. The lowest BCUT2D eigenvalue weighted by molar-refractivity contribution is 0.147. The van der Waals surface area contributed by atoms with E-state index in [2.05, 4.69) is 44.3 Å². The molecule has 1 fully saturated rings. The molecule has 1 saturated carbocycles. The average Bonchev–Trinajstić information content (AvgIpc) is 2.68. The van der Waals surface area contributed by atoms with Crippen molar-refractivity contribution in [2.24, 2.45) is 18.4 Å². The molecule has 3 nitrogen and oxygen atoms in total. The van der Waals surface area contributed by atoms with Gasteiger partial charge in [0, 0.05) is 19.3 Å². The lowest BCUT2D eigenvalue weighted by atomic mass is 9.69. The number of anilines is 1. The second-order valence-electron chi connectivity index (χ2n) is 6.84. The summed E-state index contributed by atoms with van der Waals surface area (Å²) in [5.74, 6) is 0.894. The summed E-state index contributed by atoms with van der Waals surface area (Å²) in [7, 11) is 1.98. The van der Waals surface area contributed by atoms with Crippen molar-refractivity contribution in [3.05, 3.63) is 11.9 Å². The maximum atomic E-state index is 4.40. The summed E-state index contributed by atoms with van der Waals surface area (Å²) in [6.07, 6.45) is 8.69.